The van der Waals surface area contributed by atoms with Gasteiger partial charge in [-0.2, -0.15) is 0 Å². The van der Waals surface area contributed by atoms with Crippen molar-refractivity contribution in [3.63, 3.8) is 0 Å². The number of amides is 2. The summed E-state index contributed by atoms with van der Waals surface area (Å²) in [6, 6.07) is 25.5. The summed E-state index contributed by atoms with van der Waals surface area (Å²) in [5, 5.41) is 0. The quantitative estimate of drug-likeness (QED) is 0.273. The number of carbonyl (C=O) groups excluding carboxylic acids is 2. The Kier molecular flexibility index (Phi) is 8.12. The van der Waals surface area contributed by atoms with Crippen LogP contribution in [0.4, 0.5) is 0 Å². The van der Waals surface area contributed by atoms with Crippen molar-refractivity contribution in [3.05, 3.63) is 101 Å². The third-order valence-corrected chi connectivity index (χ3v) is 8.03. The van der Waals surface area contributed by atoms with Gasteiger partial charge in [0.05, 0.1) is 25.5 Å². The molecule has 0 N–H and O–H groups in total. The lowest BCUT2D eigenvalue weighted by atomic mass is 9.86. The number of rotatable bonds is 6. The highest BCUT2D eigenvalue weighted by Crippen LogP contribution is 2.33. The summed E-state index contributed by atoms with van der Waals surface area (Å²) in [7, 11) is 3.29. The Balaban J connectivity index is 1.38. The summed E-state index contributed by atoms with van der Waals surface area (Å²) in [4.78, 5) is 30.8. The van der Waals surface area contributed by atoms with Crippen LogP contribution in [0.25, 0.3) is 16.9 Å². The van der Waals surface area contributed by atoms with Crippen molar-refractivity contribution in [2.75, 3.05) is 40.4 Å². The van der Waals surface area contributed by atoms with Crippen LogP contribution in [-0.4, -0.2) is 66.6 Å². The average Bonchev–Trinajstić information content (AvgIpc) is 3.36. The number of methoxy groups -OCH3 is 2. The average molecular weight is 566 g/mol. The van der Waals surface area contributed by atoms with E-state index in [-0.39, 0.29) is 17.2 Å². The molecular formula is C35H39N3O4. The Morgan fingerprint density at radius 3 is 1.88 bits per heavy atom. The molecule has 1 aliphatic heterocycles. The second-order valence-corrected chi connectivity index (χ2v) is 11.7. The fourth-order valence-electron chi connectivity index (χ4n) is 5.46. The molecule has 0 radical (unpaired) electrons. The van der Waals surface area contributed by atoms with Crippen LogP contribution in [0.5, 0.6) is 11.5 Å². The number of hydrogen-bond acceptors (Lipinski definition) is 4. The lowest BCUT2D eigenvalue weighted by Crippen LogP contribution is -2.50. The number of benzene rings is 3. The van der Waals surface area contributed by atoms with Gasteiger partial charge in [-0.25, -0.2) is 0 Å². The molecule has 7 heteroatoms. The second-order valence-electron chi connectivity index (χ2n) is 11.7. The normalized spacial score (nSPS) is 13.7. The molecule has 218 valence electrons. The molecule has 0 saturated carbocycles. The van der Waals surface area contributed by atoms with Crippen LogP contribution in [0.15, 0.2) is 78.9 Å². The van der Waals surface area contributed by atoms with Crippen LogP contribution >= 0.6 is 0 Å². The van der Waals surface area contributed by atoms with Crippen LogP contribution in [0.1, 0.15) is 52.7 Å². The standard InChI is InChI=1S/C35H39N3O4/c1-24-31(23-32(25-12-16-29(41-5)17-13-25)38(24)28-8-7-9-30(22-28)42-6)34(40)37-20-18-36(19-21-37)33(39)26-10-14-27(15-11-26)35(2,3)4/h7-17,22-23H,18-21H2,1-6H3. The van der Waals surface area contributed by atoms with Crippen molar-refractivity contribution in [3.8, 4) is 28.4 Å². The summed E-state index contributed by atoms with van der Waals surface area (Å²) < 4.78 is 12.9. The van der Waals surface area contributed by atoms with E-state index in [4.69, 9.17) is 9.47 Å². The minimum atomic E-state index is -0.0365. The summed E-state index contributed by atoms with van der Waals surface area (Å²) in [6.07, 6.45) is 0. The first-order valence-electron chi connectivity index (χ1n) is 14.3. The Morgan fingerprint density at radius 2 is 1.31 bits per heavy atom. The smallest absolute Gasteiger partial charge is 0.255 e. The minimum absolute atomic E-state index is 0.00436. The lowest BCUT2D eigenvalue weighted by molar-refractivity contribution is 0.0535. The molecule has 4 aromatic rings. The van der Waals surface area contributed by atoms with Crippen molar-refractivity contribution in [2.45, 2.75) is 33.1 Å². The van der Waals surface area contributed by atoms with Crippen molar-refractivity contribution in [1.82, 2.24) is 14.4 Å². The molecule has 2 amide bonds. The molecule has 0 atom stereocenters. The molecule has 7 nitrogen and oxygen atoms in total. The lowest BCUT2D eigenvalue weighted by Gasteiger charge is -2.35. The number of aromatic nitrogens is 1. The highest BCUT2D eigenvalue weighted by Gasteiger charge is 2.29. The Morgan fingerprint density at radius 1 is 0.714 bits per heavy atom. The number of piperazine rings is 1. The maximum absolute atomic E-state index is 13.9. The molecule has 0 aliphatic carbocycles. The van der Waals surface area contributed by atoms with Crippen molar-refractivity contribution < 1.29 is 19.1 Å². The monoisotopic (exact) mass is 565 g/mol. The first kappa shape index (κ1) is 29.0. The maximum atomic E-state index is 13.9. The van der Waals surface area contributed by atoms with E-state index < -0.39 is 0 Å². The Bertz CT molecular complexity index is 1570. The zero-order chi connectivity index (χ0) is 30.0. The second kappa shape index (κ2) is 11.8. The summed E-state index contributed by atoms with van der Waals surface area (Å²) in [6.45, 7) is 10.4. The predicted octanol–water partition coefficient (Wildman–Crippen LogP) is 6.37. The van der Waals surface area contributed by atoms with Gasteiger partial charge in [-0.3, -0.25) is 9.59 Å². The molecule has 5 rings (SSSR count). The molecule has 42 heavy (non-hydrogen) atoms. The van der Waals surface area contributed by atoms with Crippen molar-refractivity contribution >= 4 is 11.8 Å². The zero-order valence-corrected chi connectivity index (χ0v) is 25.3. The van der Waals surface area contributed by atoms with Gasteiger partial charge in [0, 0.05) is 49.2 Å². The number of ether oxygens (including phenoxy) is 2. The van der Waals surface area contributed by atoms with Crippen LogP contribution in [-0.2, 0) is 5.41 Å². The van der Waals surface area contributed by atoms with E-state index in [1.807, 2.05) is 95.6 Å². The van der Waals surface area contributed by atoms with E-state index in [1.165, 1.54) is 5.56 Å². The van der Waals surface area contributed by atoms with Gasteiger partial charge in [-0.15, -0.1) is 0 Å². The largest absolute Gasteiger partial charge is 0.497 e. The maximum Gasteiger partial charge on any atom is 0.255 e. The van der Waals surface area contributed by atoms with E-state index in [0.717, 1.165) is 34.1 Å². The van der Waals surface area contributed by atoms with Gasteiger partial charge in [-0.05, 0) is 78.1 Å². The van der Waals surface area contributed by atoms with Gasteiger partial charge in [0.15, 0.2) is 0 Å². The van der Waals surface area contributed by atoms with E-state index in [1.54, 1.807) is 14.2 Å². The summed E-state index contributed by atoms with van der Waals surface area (Å²) in [5.74, 6) is 1.47. The van der Waals surface area contributed by atoms with Crippen LogP contribution in [0.3, 0.4) is 0 Å². The zero-order valence-electron chi connectivity index (χ0n) is 25.3. The van der Waals surface area contributed by atoms with E-state index in [9.17, 15) is 9.59 Å². The number of nitrogens with zero attached hydrogens (tertiary/aromatic N) is 3. The van der Waals surface area contributed by atoms with Gasteiger partial charge >= 0.3 is 0 Å². The first-order valence-corrected chi connectivity index (χ1v) is 14.3. The van der Waals surface area contributed by atoms with Gasteiger partial charge in [0.2, 0.25) is 0 Å². The molecule has 0 spiro atoms. The fraction of sp³-hybridized carbons (Fsp3) is 0.314. The molecule has 1 aromatic heterocycles. The van der Waals surface area contributed by atoms with E-state index in [0.29, 0.717) is 37.3 Å². The molecular weight excluding hydrogens is 526 g/mol. The van der Waals surface area contributed by atoms with E-state index in [2.05, 4.69) is 25.3 Å². The molecule has 0 unspecified atom stereocenters. The number of hydrogen-bond donors (Lipinski definition) is 0. The SMILES string of the molecule is COc1ccc(-c2cc(C(=O)N3CCN(C(=O)c4ccc(C(C)(C)C)cc4)CC3)c(C)n2-c2cccc(OC)c2)cc1. The van der Waals surface area contributed by atoms with Gasteiger partial charge in [0.1, 0.15) is 11.5 Å². The molecule has 1 aliphatic rings. The summed E-state index contributed by atoms with van der Waals surface area (Å²) in [5.41, 5.74) is 6.16. The highest BCUT2D eigenvalue weighted by atomic mass is 16.5. The molecule has 3 aromatic carbocycles. The fourth-order valence-corrected chi connectivity index (χ4v) is 5.46. The van der Waals surface area contributed by atoms with Crippen LogP contribution in [0, 0.1) is 6.92 Å². The minimum Gasteiger partial charge on any atom is -0.497 e. The van der Waals surface area contributed by atoms with Gasteiger partial charge in [-0.1, -0.05) is 39.0 Å². The molecule has 2 heterocycles. The van der Waals surface area contributed by atoms with Crippen LogP contribution < -0.4 is 9.47 Å². The first-order chi connectivity index (χ1) is 20.1. The van der Waals surface area contributed by atoms with Gasteiger partial charge < -0.3 is 23.8 Å². The highest BCUT2D eigenvalue weighted by molar-refractivity contribution is 5.98. The van der Waals surface area contributed by atoms with Crippen molar-refractivity contribution in [1.29, 1.82) is 0 Å². The Labute approximate surface area is 248 Å². The van der Waals surface area contributed by atoms with E-state index >= 15 is 0 Å². The van der Waals surface area contributed by atoms with Gasteiger partial charge in [0.25, 0.3) is 11.8 Å². The van der Waals surface area contributed by atoms with Crippen LogP contribution in [0.2, 0.25) is 0 Å². The third kappa shape index (κ3) is 5.77. The molecule has 1 saturated heterocycles. The summed E-state index contributed by atoms with van der Waals surface area (Å²) >= 11 is 0. The number of carbonyl (C=O) groups is 2. The molecule has 1 fully saturated rings. The topological polar surface area (TPSA) is 64.0 Å². The third-order valence-electron chi connectivity index (χ3n) is 8.03. The van der Waals surface area contributed by atoms with Crippen molar-refractivity contribution in [2.24, 2.45) is 0 Å². The Hall–Kier alpha value is -4.52. The molecule has 0 bridgehead atoms. The predicted molar refractivity (Wildman–Crippen MR) is 166 cm³/mol.